The van der Waals surface area contributed by atoms with Gasteiger partial charge in [0.1, 0.15) is 15.5 Å². The first-order valence-electron chi connectivity index (χ1n) is 10.5. The van der Waals surface area contributed by atoms with Gasteiger partial charge in [-0.2, -0.15) is 18.2 Å². The molecule has 1 aromatic carbocycles. The summed E-state index contributed by atoms with van der Waals surface area (Å²) in [5.74, 6) is 0.369. The van der Waals surface area contributed by atoms with Crippen molar-refractivity contribution in [2.45, 2.75) is 25.6 Å². The third-order valence-corrected chi connectivity index (χ3v) is 6.77. The van der Waals surface area contributed by atoms with Gasteiger partial charge in [-0.3, -0.25) is 4.79 Å². The maximum absolute atomic E-state index is 13.4. The third kappa shape index (κ3) is 4.96. The molecule has 0 radical (unpaired) electrons. The maximum atomic E-state index is 13.4. The second-order valence-corrected chi connectivity index (χ2v) is 8.87. The fourth-order valence-corrected chi connectivity index (χ4v) is 4.72. The van der Waals surface area contributed by atoms with E-state index in [0.29, 0.717) is 48.8 Å². The van der Waals surface area contributed by atoms with E-state index < -0.39 is 22.9 Å². The Morgan fingerprint density at radius 2 is 1.88 bits per heavy atom. The van der Waals surface area contributed by atoms with Gasteiger partial charge >= 0.3 is 12.1 Å². The summed E-state index contributed by atoms with van der Waals surface area (Å²) in [7, 11) is 3.05. The molecule has 0 aliphatic carbocycles. The van der Waals surface area contributed by atoms with Crippen molar-refractivity contribution in [1.29, 1.82) is 0 Å². The molecule has 1 saturated heterocycles. The van der Waals surface area contributed by atoms with Crippen LogP contribution in [0, 0.1) is 5.92 Å². The first-order valence-corrected chi connectivity index (χ1v) is 11.3. The van der Waals surface area contributed by atoms with Gasteiger partial charge in [0, 0.05) is 19.6 Å². The largest absolute Gasteiger partial charge is 0.493 e. The van der Waals surface area contributed by atoms with Gasteiger partial charge in [0.05, 0.1) is 25.5 Å². The first-order chi connectivity index (χ1) is 16.2. The van der Waals surface area contributed by atoms with Crippen molar-refractivity contribution < 1.29 is 32.5 Å². The molecule has 182 valence electrons. The zero-order valence-corrected chi connectivity index (χ0v) is 19.3. The van der Waals surface area contributed by atoms with E-state index in [1.807, 2.05) is 11.0 Å². The SMILES string of the molecule is COc1ccc(CNc2nc(N3CCC(C(=O)O)CC3)nc3sc(C(F)(F)F)cc23)cc1OC. The minimum Gasteiger partial charge on any atom is -0.493 e. The van der Waals surface area contributed by atoms with Crippen LogP contribution in [-0.2, 0) is 17.5 Å². The molecule has 3 heterocycles. The Balaban J connectivity index is 1.65. The van der Waals surface area contributed by atoms with Gasteiger partial charge in [-0.05, 0) is 36.6 Å². The lowest BCUT2D eigenvalue weighted by Crippen LogP contribution is -2.37. The highest BCUT2D eigenvalue weighted by atomic mass is 32.1. The molecule has 3 aromatic rings. The van der Waals surface area contributed by atoms with Crippen molar-refractivity contribution in [1.82, 2.24) is 9.97 Å². The second kappa shape index (κ2) is 9.53. The number of piperidine rings is 1. The Bertz CT molecular complexity index is 1190. The summed E-state index contributed by atoms with van der Waals surface area (Å²) < 4.78 is 50.7. The highest BCUT2D eigenvalue weighted by molar-refractivity contribution is 7.18. The number of carbonyl (C=O) groups is 1. The fourth-order valence-electron chi connectivity index (χ4n) is 3.83. The number of halogens is 3. The molecule has 1 aliphatic rings. The zero-order chi connectivity index (χ0) is 24.5. The minimum atomic E-state index is -4.49. The average molecular weight is 497 g/mol. The topological polar surface area (TPSA) is 96.8 Å². The molecule has 1 aliphatic heterocycles. The number of ether oxygens (including phenoxy) is 2. The predicted molar refractivity (Wildman–Crippen MR) is 122 cm³/mol. The van der Waals surface area contributed by atoms with Gasteiger partial charge in [0.15, 0.2) is 11.5 Å². The Morgan fingerprint density at radius 3 is 2.50 bits per heavy atom. The summed E-state index contributed by atoms with van der Waals surface area (Å²) in [6, 6.07) is 6.39. The molecule has 8 nitrogen and oxygen atoms in total. The zero-order valence-electron chi connectivity index (χ0n) is 18.5. The number of nitrogens with zero attached hydrogens (tertiary/aromatic N) is 3. The molecule has 0 bridgehead atoms. The molecular weight excluding hydrogens is 473 g/mol. The number of anilines is 2. The quantitative estimate of drug-likeness (QED) is 0.488. The molecule has 2 N–H and O–H groups in total. The summed E-state index contributed by atoms with van der Waals surface area (Å²) in [6.45, 7) is 1.11. The number of rotatable bonds is 7. The van der Waals surface area contributed by atoms with Crippen LogP contribution < -0.4 is 19.7 Å². The first kappa shape index (κ1) is 23.9. The molecule has 0 spiro atoms. The predicted octanol–water partition coefficient (Wildman–Crippen LogP) is 4.64. The Morgan fingerprint density at radius 1 is 1.18 bits per heavy atom. The van der Waals surface area contributed by atoms with Crippen molar-refractivity contribution in [3.8, 4) is 11.5 Å². The Labute approximate surface area is 197 Å². The molecule has 1 fully saturated rings. The Kier molecular flexibility index (Phi) is 6.69. The van der Waals surface area contributed by atoms with Crippen LogP contribution in [0.4, 0.5) is 24.9 Å². The van der Waals surface area contributed by atoms with Crippen molar-refractivity contribution in [3.63, 3.8) is 0 Å². The number of hydrogen-bond acceptors (Lipinski definition) is 8. The van der Waals surface area contributed by atoms with Crippen molar-refractivity contribution in [2.24, 2.45) is 5.92 Å². The number of carboxylic acids is 1. The lowest BCUT2D eigenvalue weighted by Gasteiger charge is -2.30. The molecule has 0 unspecified atom stereocenters. The highest BCUT2D eigenvalue weighted by Gasteiger charge is 2.34. The number of benzene rings is 1. The van der Waals surface area contributed by atoms with E-state index in [1.165, 1.54) is 14.2 Å². The summed E-state index contributed by atoms with van der Waals surface area (Å²) in [4.78, 5) is 21.4. The lowest BCUT2D eigenvalue weighted by atomic mass is 9.97. The molecule has 0 atom stereocenters. The van der Waals surface area contributed by atoms with E-state index in [9.17, 15) is 23.1 Å². The number of aliphatic carboxylic acids is 1. The van der Waals surface area contributed by atoms with Gasteiger partial charge in [-0.15, -0.1) is 11.3 Å². The summed E-state index contributed by atoms with van der Waals surface area (Å²) >= 11 is 0.561. The van der Waals surface area contributed by atoms with E-state index in [0.717, 1.165) is 11.6 Å². The minimum absolute atomic E-state index is 0.215. The van der Waals surface area contributed by atoms with Crippen molar-refractivity contribution >= 4 is 39.3 Å². The molecule has 4 rings (SSSR count). The van der Waals surface area contributed by atoms with Crippen LogP contribution in [-0.4, -0.2) is 48.4 Å². The standard InChI is InChI=1S/C22H23F3N4O4S/c1-32-15-4-3-12(9-16(15)33-2)11-26-18-14-10-17(22(23,24)25)34-19(14)28-21(27-18)29-7-5-13(6-8-29)20(30)31/h3-4,9-10,13H,5-8,11H2,1-2H3,(H,30,31)(H,26,27,28). The maximum Gasteiger partial charge on any atom is 0.425 e. The van der Waals surface area contributed by atoms with Gasteiger partial charge in [0.25, 0.3) is 0 Å². The second-order valence-electron chi connectivity index (χ2n) is 7.84. The van der Waals surface area contributed by atoms with Crippen LogP contribution in [0.5, 0.6) is 11.5 Å². The van der Waals surface area contributed by atoms with Gasteiger partial charge in [-0.1, -0.05) is 6.07 Å². The van der Waals surface area contributed by atoms with Gasteiger partial charge < -0.3 is 24.8 Å². The third-order valence-electron chi connectivity index (χ3n) is 5.70. The molecule has 0 saturated carbocycles. The van der Waals surface area contributed by atoms with E-state index in [2.05, 4.69) is 15.3 Å². The number of alkyl halides is 3. The number of fused-ring (bicyclic) bond motifs is 1. The van der Waals surface area contributed by atoms with Gasteiger partial charge in [0.2, 0.25) is 5.95 Å². The molecule has 2 aromatic heterocycles. The number of hydrogen-bond donors (Lipinski definition) is 2. The van der Waals surface area contributed by atoms with Crippen molar-refractivity contribution in [2.75, 3.05) is 37.5 Å². The molecule has 0 amide bonds. The summed E-state index contributed by atoms with van der Waals surface area (Å²) in [5.41, 5.74) is 0.819. The summed E-state index contributed by atoms with van der Waals surface area (Å²) in [6.07, 6.45) is -3.65. The van der Waals surface area contributed by atoms with E-state index in [1.54, 1.807) is 12.1 Å². The number of aromatic nitrogens is 2. The molecule has 34 heavy (non-hydrogen) atoms. The average Bonchev–Trinajstić information content (AvgIpc) is 3.27. The van der Waals surface area contributed by atoms with E-state index in [-0.39, 0.29) is 28.5 Å². The molecular formula is C22H23F3N4O4S. The lowest BCUT2D eigenvalue weighted by molar-refractivity contribution is -0.142. The van der Waals surface area contributed by atoms with Crippen LogP contribution in [0.1, 0.15) is 23.3 Å². The normalized spacial score (nSPS) is 14.9. The monoisotopic (exact) mass is 496 g/mol. The van der Waals surface area contributed by atoms with Crippen LogP contribution >= 0.6 is 11.3 Å². The molecule has 12 heteroatoms. The van der Waals surface area contributed by atoms with Crippen LogP contribution in [0.15, 0.2) is 24.3 Å². The van der Waals surface area contributed by atoms with Gasteiger partial charge in [-0.25, -0.2) is 4.98 Å². The summed E-state index contributed by atoms with van der Waals surface area (Å²) in [5, 5.41) is 12.6. The smallest absolute Gasteiger partial charge is 0.425 e. The number of nitrogens with one attached hydrogen (secondary N) is 1. The fraction of sp³-hybridized carbons (Fsp3) is 0.409. The number of thiophene rings is 1. The highest BCUT2D eigenvalue weighted by Crippen LogP contribution is 2.40. The number of carboxylic acid groups (broad SMARTS) is 1. The van der Waals surface area contributed by atoms with Crippen LogP contribution in [0.2, 0.25) is 0 Å². The van der Waals surface area contributed by atoms with Crippen LogP contribution in [0.3, 0.4) is 0 Å². The van der Waals surface area contributed by atoms with Crippen molar-refractivity contribution in [3.05, 3.63) is 34.7 Å². The van der Waals surface area contributed by atoms with Crippen LogP contribution in [0.25, 0.3) is 10.2 Å². The van der Waals surface area contributed by atoms with E-state index in [4.69, 9.17) is 9.47 Å². The number of methoxy groups -OCH3 is 2. The Hall–Kier alpha value is -3.28. The van der Waals surface area contributed by atoms with E-state index >= 15 is 0 Å².